The van der Waals surface area contributed by atoms with Gasteiger partial charge in [0.25, 0.3) is 5.56 Å². The molecule has 0 radical (unpaired) electrons. The summed E-state index contributed by atoms with van der Waals surface area (Å²) >= 11 is 6.86. The molecule has 100 valence electrons. The van der Waals surface area contributed by atoms with E-state index in [9.17, 15) is 4.79 Å². The standard InChI is InChI=1S/C12H11Br2N3O2/c13-7-5-9-10(6-8(7)14)16-12(18)11(15-9)17-1-3-19-4-2-17/h5-6H,1-4H2,(H,16,18). The number of halogens is 2. The molecule has 7 heteroatoms. The quantitative estimate of drug-likeness (QED) is 0.814. The van der Waals surface area contributed by atoms with Crippen LogP contribution in [-0.4, -0.2) is 36.3 Å². The van der Waals surface area contributed by atoms with Crippen LogP contribution in [0.15, 0.2) is 25.9 Å². The number of nitrogens with one attached hydrogen (secondary N) is 1. The summed E-state index contributed by atoms with van der Waals surface area (Å²) in [4.78, 5) is 21.4. The molecule has 0 amide bonds. The maximum absolute atomic E-state index is 12.1. The summed E-state index contributed by atoms with van der Waals surface area (Å²) in [6.07, 6.45) is 0. The highest BCUT2D eigenvalue weighted by atomic mass is 79.9. The van der Waals surface area contributed by atoms with Gasteiger partial charge < -0.3 is 14.6 Å². The molecule has 19 heavy (non-hydrogen) atoms. The molecule has 5 nitrogen and oxygen atoms in total. The van der Waals surface area contributed by atoms with Crippen LogP contribution in [0.1, 0.15) is 0 Å². The van der Waals surface area contributed by atoms with Crippen LogP contribution in [0.3, 0.4) is 0 Å². The zero-order chi connectivity index (χ0) is 13.4. The maximum Gasteiger partial charge on any atom is 0.291 e. The molecule has 1 aliphatic heterocycles. The Morgan fingerprint density at radius 3 is 2.63 bits per heavy atom. The van der Waals surface area contributed by atoms with Crippen molar-refractivity contribution in [3.05, 3.63) is 31.4 Å². The third kappa shape index (κ3) is 2.54. The van der Waals surface area contributed by atoms with Gasteiger partial charge in [-0.15, -0.1) is 0 Å². The highest BCUT2D eigenvalue weighted by molar-refractivity contribution is 9.13. The first-order valence-electron chi connectivity index (χ1n) is 5.87. The summed E-state index contributed by atoms with van der Waals surface area (Å²) in [5.74, 6) is 0.463. The Morgan fingerprint density at radius 1 is 1.21 bits per heavy atom. The van der Waals surface area contributed by atoms with E-state index in [4.69, 9.17) is 4.74 Å². The van der Waals surface area contributed by atoms with Crippen molar-refractivity contribution in [2.24, 2.45) is 0 Å². The highest BCUT2D eigenvalue weighted by Gasteiger charge is 2.16. The molecule has 1 aromatic heterocycles. The van der Waals surface area contributed by atoms with Crippen LogP contribution in [-0.2, 0) is 4.74 Å². The number of rotatable bonds is 1. The van der Waals surface area contributed by atoms with Gasteiger partial charge in [0, 0.05) is 22.0 Å². The summed E-state index contributed by atoms with van der Waals surface area (Å²) in [5, 5.41) is 0. The second-order valence-electron chi connectivity index (χ2n) is 4.27. The monoisotopic (exact) mass is 387 g/mol. The Kier molecular flexibility index (Phi) is 3.60. The van der Waals surface area contributed by atoms with Crippen molar-refractivity contribution in [1.82, 2.24) is 9.97 Å². The minimum absolute atomic E-state index is 0.163. The molecule has 1 fully saturated rings. The molecule has 0 unspecified atom stereocenters. The topological polar surface area (TPSA) is 58.2 Å². The number of nitrogens with zero attached hydrogens (tertiary/aromatic N) is 2. The van der Waals surface area contributed by atoms with Crippen molar-refractivity contribution in [2.45, 2.75) is 0 Å². The number of ether oxygens (including phenoxy) is 1. The first kappa shape index (κ1) is 13.1. The largest absolute Gasteiger partial charge is 0.378 e. The number of hydrogen-bond donors (Lipinski definition) is 1. The molecule has 2 heterocycles. The van der Waals surface area contributed by atoms with E-state index in [1.54, 1.807) is 0 Å². The van der Waals surface area contributed by atoms with Crippen molar-refractivity contribution in [3.8, 4) is 0 Å². The molecule has 3 rings (SSSR count). The average Bonchev–Trinajstić information content (AvgIpc) is 2.41. The van der Waals surface area contributed by atoms with Crippen molar-refractivity contribution < 1.29 is 4.74 Å². The Hall–Kier alpha value is -0.920. The lowest BCUT2D eigenvalue weighted by Gasteiger charge is -2.27. The molecule has 0 aliphatic carbocycles. The van der Waals surface area contributed by atoms with Crippen LogP contribution < -0.4 is 10.5 Å². The van der Waals surface area contributed by atoms with Gasteiger partial charge in [-0.2, -0.15) is 0 Å². The summed E-state index contributed by atoms with van der Waals surface area (Å²) < 4.78 is 7.08. The summed E-state index contributed by atoms with van der Waals surface area (Å²) in [7, 11) is 0. The van der Waals surface area contributed by atoms with E-state index in [0.717, 1.165) is 20.0 Å². The van der Waals surface area contributed by atoms with Gasteiger partial charge in [0.1, 0.15) is 0 Å². The van der Waals surface area contributed by atoms with Crippen molar-refractivity contribution in [1.29, 1.82) is 0 Å². The lowest BCUT2D eigenvalue weighted by molar-refractivity contribution is 0.122. The first-order valence-corrected chi connectivity index (χ1v) is 7.45. The van der Waals surface area contributed by atoms with Crippen LogP contribution in [0.4, 0.5) is 5.82 Å². The molecule has 0 spiro atoms. The zero-order valence-corrected chi connectivity index (χ0v) is 13.1. The SMILES string of the molecule is O=c1[nH]c2cc(Br)c(Br)cc2nc1N1CCOCC1. The molecule has 2 aromatic rings. The molecular weight excluding hydrogens is 378 g/mol. The van der Waals surface area contributed by atoms with E-state index in [1.165, 1.54) is 0 Å². The van der Waals surface area contributed by atoms with Gasteiger partial charge >= 0.3 is 0 Å². The molecule has 1 aromatic carbocycles. The number of benzene rings is 1. The number of hydrogen-bond acceptors (Lipinski definition) is 4. The third-order valence-electron chi connectivity index (χ3n) is 3.03. The molecule has 0 bridgehead atoms. The van der Waals surface area contributed by atoms with Crippen LogP contribution in [0.2, 0.25) is 0 Å². The highest BCUT2D eigenvalue weighted by Crippen LogP contribution is 2.27. The predicted molar refractivity (Wildman–Crippen MR) is 80.8 cm³/mol. The molecule has 1 aliphatic rings. The van der Waals surface area contributed by atoms with E-state index in [1.807, 2.05) is 17.0 Å². The van der Waals surface area contributed by atoms with Crippen LogP contribution in [0.5, 0.6) is 0 Å². The van der Waals surface area contributed by atoms with Gasteiger partial charge in [0.05, 0.1) is 24.2 Å². The van der Waals surface area contributed by atoms with Gasteiger partial charge in [-0.3, -0.25) is 4.79 Å². The number of fused-ring (bicyclic) bond motifs is 1. The Labute approximate surface area is 126 Å². The average molecular weight is 389 g/mol. The van der Waals surface area contributed by atoms with Crippen molar-refractivity contribution >= 4 is 48.7 Å². The Morgan fingerprint density at radius 2 is 1.89 bits per heavy atom. The normalized spacial score (nSPS) is 16.0. The first-order chi connectivity index (χ1) is 9.15. The van der Waals surface area contributed by atoms with Gasteiger partial charge in [-0.25, -0.2) is 4.98 Å². The minimum Gasteiger partial charge on any atom is -0.378 e. The number of morpholine rings is 1. The van der Waals surface area contributed by atoms with E-state index >= 15 is 0 Å². The Balaban J connectivity index is 2.12. The fourth-order valence-electron chi connectivity index (χ4n) is 2.06. The summed E-state index contributed by atoms with van der Waals surface area (Å²) in [5.41, 5.74) is 1.32. The molecular formula is C12H11Br2N3O2. The van der Waals surface area contributed by atoms with Gasteiger partial charge in [-0.1, -0.05) is 0 Å². The second-order valence-corrected chi connectivity index (χ2v) is 5.98. The van der Waals surface area contributed by atoms with Crippen molar-refractivity contribution in [2.75, 3.05) is 31.2 Å². The Bertz CT molecular complexity index is 680. The molecule has 0 atom stereocenters. The van der Waals surface area contributed by atoms with E-state index in [-0.39, 0.29) is 5.56 Å². The summed E-state index contributed by atoms with van der Waals surface area (Å²) in [6, 6.07) is 3.73. The lowest BCUT2D eigenvalue weighted by Crippen LogP contribution is -2.40. The second kappa shape index (κ2) is 5.22. The van der Waals surface area contributed by atoms with Crippen LogP contribution in [0.25, 0.3) is 11.0 Å². The minimum atomic E-state index is -0.163. The number of H-pyrrole nitrogens is 1. The smallest absolute Gasteiger partial charge is 0.291 e. The molecule has 1 N–H and O–H groups in total. The van der Waals surface area contributed by atoms with E-state index in [2.05, 4.69) is 41.8 Å². The van der Waals surface area contributed by atoms with Gasteiger partial charge in [-0.05, 0) is 44.0 Å². The van der Waals surface area contributed by atoms with E-state index < -0.39 is 0 Å². The van der Waals surface area contributed by atoms with Gasteiger partial charge in [0.15, 0.2) is 5.82 Å². The fourth-order valence-corrected chi connectivity index (χ4v) is 2.74. The van der Waals surface area contributed by atoms with Gasteiger partial charge in [0.2, 0.25) is 0 Å². The summed E-state index contributed by atoms with van der Waals surface area (Å²) in [6.45, 7) is 2.64. The third-order valence-corrected chi connectivity index (χ3v) is 4.87. The predicted octanol–water partition coefficient (Wildman–Crippen LogP) is 2.28. The van der Waals surface area contributed by atoms with Crippen LogP contribution >= 0.6 is 31.9 Å². The fraction of sp³-hybridized carbons (Fsp3) is 0.333. The number of aromatic nitrogens is 2. The molecule has 1 saturated heterocycles. The maximum atomic E-state index is 12.1. The zero-order valence-electron chi connectivity index (χ0n) is 9.95. The number of aromatic amines is 1. The number of anilines is 1. The van der Waals surface area contributed by atoms with E-state index in [0.29, 0.717) is 32.1 Å². The van der Waals surface area contributed by atoms with Crippen molar-refractivity contribution in [3.63, 3.8) is 0 Å². The van der Waals surface area contributed by atoms with Crippen LogP contribution in [0, 0.1) is 0 Å². The molecule has 0 saturated carbocycles. The lowest BCUT2D eigenvalue weighted by atomic mass is 10.3.